The van der Waals surface area contributed by atoms with Crippen molar-refractivity contribution in [1.82, 2.24) is 9.88 Å². The van der Waals surface area contributed by atoms with Crippen molar-refractivity contribution in [2.45, 2.75) is 26.9 Å². The monoisotopic (exact) mass is 430 g/mol. The van der Waals surface area contributed by atoms with Gasteiger partial charge in [-0.15, -0.1) is 0 Å². The fourth-order valence-electron chi connectivity index (χ4n) is 3.70. The molecule has 0 saturated heterocycles. The van der Waals surface area contributed by atoms with E-state index in [1.54, 1.807) is 29.2 Å². The summed E-state index contributed by atoms with van der Waals surface area (Å²) in [4.78, 5) is 30.9. The van der Waals surface area contributed by atoms with E-state index in [-0.39, 0.29) is 18.0 Å². The van der Waals surface area contributed by atoms with E-state index in [2.05, 4.69) is 4.98 Å². The number of nitrogens with zero attached hydrogens (tertiary/aromatic N) is 1. The first-order valence-electron chi connectivity index (χ1n) is 10.1. The number of hydrogen-bond donors (Lipinski definition) is 1. The molecule has 5 heteroatoms. The first-order chi connectivity index (χ1) is 14.9. The van der Waals surface area contributed by atoms with Crippen molar-refractivity contribution in [3.05, 3.63) is 116 Å². The summed E-state index contributed by atoms with van der Waals surface area (Å²) in [5.74, 6) is -0.214. The van der Waals surface area contributed by atoms with Gasteiger partial charge in [-0.1, -0.05) is 66.2 Å². The minimum absolute atomic E-state index is 0.178. The lowest BCUT2D eigenvalue weighted by Crippen LogP contribution is -2.32. The summed E-state index contributed by atoms with van der Waals surface area (Å²) in [5.41, 5.74) is 4.75. The van der Waals surface area contributed by atoms with Crippen LogP contribution >= 0.6 is 11.6 Å². The van der Waals surface area contributed by atoms with Crippen molar-refractivity contribution in [3.8, 4) is 0 Å². The number of rotatable bonds is 5. The largest absolute Gasteiger partial charge is 0.330 e. The van der Waals surface area contributed by atoms with Crippen molar-refractivity contribution in [1.29, 1.82) is 0 Å². The molecule has 0 radical (unpaired) electrons. The number of halogens is 1. The van der Waals surface area contributed by atoms with Crippen LogP contribution in [0.25, 0.3) is 10.9 Å². The van der Waals surface area contributed by atoms with Gasteiger partial charge in [-0.2, -0.15) is 0 Å². The lowest BCUT2D eigenvalue weighted by Gasteiger charge is -2.23. The molecule has 1 N–H and O–H groups in total. The van der Waals surface area contributed by atoms with Crippen molar-refractivity contribution < 1.29 is 4.79 Å². The molecule has 31 heavy (non-hydrogen) atoms. The third kappa shape index (κ3) is 4.39. The van der Waals surface area contributed by atoms with Gasteiger partial charge in [-0.05, 0) is 54.1 Å². The molecule has 0 unspecified atom stereocenters. The van der Waals surface area contributed by atoms with Crippen LogP contribution in [0, 0.1) is 13.8 Å². The Balaban J connectivity index is 1.74. The zero-order valence-electron chi connectivity index (χ0n) is 17.5. The predicted octanol–water partition coefficient (Wildman–Crippen LogP) is 5.64. The van der Waals surface area contributed by atoms with Crippen LogP contribution in [0.4, 0.5) is 0 Å². The number of fused-ring (bicyclic) bond motifs is 1. The van der Waals surface area contributed by atoms with Gasteiger partial charge in [-0.25, -0.2) is 0 Å². The molecule has 1 aromatic heterocycles. The number of aromatic amines is 1. The molecule has 1 heterocycles. The average molecular weight is 431 g/mol. The van der Waals surface area contributed by atoms with Crippen molar-refractivity contribution >= 4 is 28.4 Å². The molecule has 0 bridgehead atoms. The van der Waals surface area contributed by atoms with Crippen LogP contribution in [-0.4, -0.2) is 15.8 Å². The lowest BCUT2D eigenvalue weighted by molar-refractivity contribution is 0.0729. The number of carbonyl (C=O) groups excluding carboxylic acids is 1. The van der Waals surface area contributed by atoms with Crippen LogP contribution < -0.4 is 5.56 Å². The minimum Gasteiger partial charge on any atom is -0.330 e. The van der Waals surface area contributed by atoms with Crippen molar-refractivity contribution in [3.63, 3.8) is 0 Å². The second-order valence-corrected chi connectivity index (χ2v) is 8.13. The van der Waals surface area contributed by atoms with Gasteiger partial charge in [-0.3, -0.25) is 9.59 Å². The molecule has 0 saturated carbocycles. The summed E-state index contributed by atoms with van der Waals surface area (Å²) < 4.78 is 0. The summed E-state index contributed by atoms with van der Waals surface area (Å²) >= 11 is 6.30. The summed E-state index contributed by atoms with van der Waals surface area (Å²) in [5, 5.41) is 1.34. The molecule has 0 atom stereocenters. The highest BCUT2D eigenvalue weighted by atomic mass is 35.5. The van der Waals surface area contributed by atoms with Crippen LogP contribution in [0.3, 0.4) is 0 Å². The molecule has 3 aromatic carbocycles. The third-order valence-corrected chi connectivity index (χ3v) is 5.93. The van der Waals surface area contributed by atoms with Crippen LogP contribution in [0.1, 0.15) is 32.6 Å². The highest BCUT2D eigenvalue weighted by Crippen LogP contribution is 2.22. The smallest absolute Gasteiger partial charge is 0.255 e. The number of aromatic nitrogens is 1. The van der Waals surface area contributed by atoms with E-state index in [1.165, 1.54) is 0 Å². The fourth-order valence-corrected chi connectivity index (χ4v) is 3.92. The highest BCUT2D eigenvalue weighted by Gasteiger charge is 2.20. The summed E-state index contributed by atoms with van der Waals surface area (Å²) in [6.07, 6.45) is 0. The quantitative estimate of drug-likeness (QED) is 0.445. The summed E-state index contributed by atoms with van der Waals surface area (Å²) in [6.45, 7) is 4.56. The third-order valence-electron chi connectivity index (χ3n) is 5.60. The molecule has 156 valence electrons. The molecule has 4 aromatic rings. The number of nitrogens with one attached hydrogen (secondary N) is 1. The highest BCUT2D eigenvalue weighted by molar-refractivity contribution is 6.33. The van der Waals surface area contributed by atoms with E-state index in [0.717, 1.165) is 27.6 Å². The summed E-state index contributed by atoms with van der Waals surface area (Å²) in [6, 6.07) is 22.6. The maximum absolute atomic E-state index is 13.4. The molecular formula is C26H23ClN2O2. The Morgan fingerprint density at radius 1 is 0.935 bits per heavy atom. The SMILES string of the molecule is Cc1ccc2cc(CN(Cc3ccccc3)C(=O)c3ccccc3Cl)c(=O)[nH]c2c1C. The van der Waals surface area contributed by atoms with Gasteiger partial charge in [0.15, 0.2) is 0 Å². The zero-order chi connectivity index (χ0) is 22.0. The Bertz CT molecular complexity index is 1310. The maximum Gasteiger partial charge on any atom is 0.255 e. The van der Waals surface area contributed by atoms with Crippen LogP contribution in [0.15, 0.2) is 77.6 Å². The van der Waals surface area contributed by atoms with Crippen LogP contribution in [0.2, 0.25) is 5.02 Å². The molecule has 4 nitrogen and oxygen atoms in total. The predicted molar refractivity (Wildman–Crippen MR) is 126 cm³/mol. The Hall–Kier alpha value is -3.37. The Morgan fingerprint density at radius 3 is 2.39 bits per heavy atom. The fraction of sp³-hybridized carbons (Fsp3) is 0.154. The number of benzene rings is 3. The van der Waals surface area contributed by atoms with E-state index in [4.69, 9.17) is 11.6 Å². The van der Waals surface area contributed by atoms with Crippen molar-refractivity contribution in [2.24, 2.45) is 0 Å². The Kier molecular flexibility index (Phi) is 5.92. The first-order valence-corrected chi connectivity index (χ1v) is 10.5. The number of amides is 1. The number of aryl methyl sites for hydroxylation is 2. The number of carbonyl (C=O) groups is 1. The van der Waals surface area contributed by atoms with E-state index in [0.29, 0.717) is 22.7 Å². The molecule has 0 aliphatic rings. The van der Waals surface area contributed by atoms with Gasteiger partial charge in [0.05, 0.1) is 22.6 Å². The number of H-pyrrole nitrogens is 1. The Morgan fingerprint density at radius 2 is 1.65 bits per heavy atom. The second kappa shape index (κ2) is 8.78. The Labute approximate surface area is 186 Å². The zero-order valence-corrected chi connectivity index (χ0v) is 18.2. The number of hydrogen-bond acceptors (Lipinski definition) is 2. The lowest BCUT2D eigenvalue weighted by atomic mass is 10.0. The van der Waals surface area contributed by atoms with Gasteiger partial charge in [0.2, 0.25) is 0 Å². The second-order valence-electron chi connectivity index (χ2n) is 7.72. The van der Waals surface area contributed by atoms with Gasteiger partial charge in [0.25, 0.3) is 11.5 Å². The maximum atomic E-state index is 13.4. The molecule has 4 rings (SSSR count). The van der Waals surface area contributed by atoms with E-state index in [1.807, 2.05) is 62.4 Å². The van der Waals surface area contributed by atoms with E-state index < -0.39 is 0 Å². The normalized spacial score (nSPS) is 10.9. The van der Waals surface area contributed by atoms with Crippen molar-refractivity contribution in [2.75, 3.05) is 0 Å². The first kappa shape index (κ1) is 20.9. The topological polar surface area (TPSA) is 53.2 Å². The van der Waals surface area contributed by atoms with Crippen LogP contribution in [-0.2, 0) is 13.1 Å². The average Bonchev–Trinajstić information content (AvgIpc) is 2.77. The van der Waals surface area contributed by atoms with Gasteiger partial charge in [0, 0.05) is 12.1 Å². The van der Waals surface area contributed by atoms with Gasteiger partial charge >= 0.3 is 0 Å². The van der Waals surface area contributed by atoms with Gasteiger partial charge in [0.1, 0.15) is 0 Å². The van der Waals surface area contributed by atoms with E-state index in [9.17, 15) is 9.59 Å². The molecule has 0 aliphatic carbocycles. The molecule has 0 spiro atoms. The molecule has 0 aliphatic heterocycles. The van der Waals surface area contributed by atoms with E-state index >= 15 is 0 Å². The molecule has 0 fully saturated rings. The number of pyridine rings is 1. The molecule has 1 amide bonds. The minimum atomic E-state index is -0.214. The standard InChI is InChI=1S/C26H23ClN2O2/c1-17-12-13-20-14-21(25(30)28-24(20)18(17)2)16-29(15-19-8-4-3-5-9-19)26(31)22-10-6-7-11-23(22)27/h3-14H,15-16H2,1-2H3,(H,28,30). The van der Waals surface area contributed by atoms with Crippen LogP contribution in [0.5, 0.6) is 0 Å². The molecular weight excluding hydrogens is 408 g/mol. The summed E-state index contributed by atoms with van der Waals surface area (Å²) in [7, 11) is 0. The van der Waals surface area contributed by atoms with Gasteiger partial charge < -0.3 is 9.88 Å².